The highest BCUT2D eigenvalue weighted by molar-refractivity contribution is 5.98. The van der Waals surface area contributed by atoms with Crippen LogP contribution < -0.4 is 5.32 Å². The van der Waals surface area contributed by atoms with Gasteiger partial charge in [0.2, 0.25) is 0 Å². The number of aryl methyl sites for hydroxylation is 1. The molecule has 0 aliphatic carbocycles. The van der Waals surface area contributed by atoms with Crippen LogP contribution in [0.4, 0.5) is 0 Å². The van der Waals surface area contributed by atoms with E-state index in [1.165, 1.54) is 0 Å². The summed E-state index contributed by atoms with van der Waals surface area (Å²) in [7, 11) is 6.07. The molecule has 1 amide bonds. The Morgan fingerprint density at radius 1 is 1.32 bits per heavy atom. The molecule has 4 nitrogen and oxygen atoms in total. The molecule has 0 unspecified atom stereocenters. The quantitative estimate of drug-likeness (QED) is 0.832. The summed E-state index contributed by atoms with van der Waals surface area (Å²) in [6, 6.07) is 7.84. The fraction of sp³-hybridized carbons (Fsp3) is 0.400. The second kappa shape index (κ2) is 5.89. The summed E-state index contributed by atoms with van der Waals surface area (Å²) >= 11 is 0. The highest BCUT2D eigenvalue weighted by Crippen LogP contribution is 2.16. The van der Waals surface area contributed by atoms with Gasteiger partial charge in [0.25, 0.3) is 5.91 Å². The van der Waals surface area contributed by atoms with E-state index in [4.69, 9.17) is 0 Å². The van der Waals surface area contributed by atoms with Crippen LogP contribution in [0.5, 0.6) is 0 Å². The van der Waals surface area contributed by atoms with Crippen LogP contribution in [-0.2, 0) is 7.05 Å². The summed E-state index contributed by atoms with van der Waals surface area (Å²) in [4.78, 5) is 14.1. The first-order chi connectivity index (χ1) is 9.08. The number of rotatable bonds is 5. The molecule has 2 rings (SSSR count). The molecular weight excluding hydrogens is 238 g/mol. The van der Waals surface area contributed by atoms with Gasteiger partial charge in [-0.3, -0.25) is 4.79 Å². The Balaban J connectivity index is 1.97. The van der Waals surface area contributed by atoms with Gasteiger partial charge in [-0.05, 0) is 51.3 Å². The predicted molar refractivity (Wildman–Crippen MR) is 78.4 cm³/mol. The molecule has 102 valence electrons. The maximum absolute atomic E-state index is 12.0. The van der Waals surface area contributed by atoms with Crippen LogP contribution >= 0.6 is 0 Å². The maximum atomic E-state index is 12.0. The van der Waals surface area contributed by atoms with Crippen LogP contribution in [0.3, 0.4) is 0 Å². The van der Waals surface area contributed by atoms with E-state index in [1.807, 2.05) is 56.2 Å². The summed E-state index contributed by atoms with van der Waals surface area (Å²) in [5.41, 5.74) is 1.87. The van der Waals surface area contributed by atoms with E-state index in [0.717, 1.165) is 29.4 Å². The van der Waals surface area contributed by atoms with Gasteiger partial charge in [-0.15, -0.1) is 0 Å². The van der Waals surface area contributed by atoms with Gasteiger partial charge in [-0.25, -0.2) is 0 Å². The SMILES string of the molecule is CN(C)CCCNC(=O)c1ccc2c(ccn2C)c1. The molecule has 0 aliphatic rings. The van der Waals surface area contributed by atoms with E-state index >= 15 is 0 Å². The first kappa shape index (κ1) is 13.6. The molecule has 1 heterocycles. The third-order valence-electron chi connectivity index (χ3n) is 3.22. The number of hydrogen-bond donors (Lipinski definition) is 1. The van der Waals surface area contributed by atoms with Crippen molar-refractivity contribution in [3.05, 3.63) is 36.0 Å². The van der Waals surface area contributed by atoms with Crippen molar-refractivity contribution < 1.29 is 4.79 Å². The number of amides is 1. The Bertz CT molecular complexity index is 572. The Morgan fingerprint density at radius 3 is 2.84 bits per heavy atom. The first-order valence-electron chi connectivity index (χ1n) is 6.56. The van der Waals surface area contributed by atoms with Gasteiger partial charge in [-0.1, -0.05) is 0 Å². The van der Waals surface area contributed by atoms with Crippen molar-refractivity contribution in [3.8, 4) is 0 Å². The van der Waals surface area contributed by atoms with Gasteiger partial charge in [0.05, 0.1) is 0 Å². The van der Waals surface area contributed by atoms with E-state index in [0.29, 0.717) is 6.54 Å². The molecule has 1 aromatic heterocycles. The minimum Gasteiger partial charge on any atom is -0.352 e. The van der Waals surface area contributed by atoms with Crippen LogP contribution in [-0.4, -0.2) is 42.6 Å². The average Bonchev–Trinajstić information content (AvgIpc) is 2.75. The number of carbonyl (C=O) groups excluding carboxylic acids is 1. The second-order valence-corrected chi connectivity index (χ2v) is 5.11. The third kappa shape index (κ3) is 3.35. The monoisotopic (exact) mass is 259 g/mol. The van der Waals surface area contributed by atoms with Crippen molar-refractivity contribution in [1.82, 2.24) is 14.8 Å². The molecule has 2 aromatic rings. The highest BCUT2D eigenvalue weighted by atomic mass is 16.1. The second-order valence-electron chi connectivity index (χ2n) is 5.11. The largest absolute Gasteiger partial charge is 0.352 e. The molecule has 0 fully saturated rings. The van der Waals surface area contributed by atoms with Gasteiger partial charge < -0.3 is 14.8 Å². The fourth-order valence-corrected chi connectivity index (χ4v) is 2.12. The van der Waals surface area contributed by atoms with Crippen LogP contribution in [0.25, 0.3) is 10.9 Å². The van der Waals surface area contributed by atoms with E-state index in [1.54, 1.807) is 0 Å². The molecule has 0 atom stereocenters. The highest BCUT2D eigenvalue weighted by Gasteiger charge is 2.06. The fourth-order valence-electron chi connectivity index (χ4n) is 2.12. The van der Waals surface area contributed by atoms with E-state index < -0.39 is 0 Å². The van der Waals surface area contributed by atoms with Crippen molar-refractivity contribution in [2.75, 3.05) is 27.2 Å². The smallest absolute Gasteiger partial charge is 0.251 e. The number of aromatic nitrogens is 1. The van der Waals surface area contributed by atoms with E-state index in [9.17, 15) is 4.79 Å². The molecule has 1 aromatic carbocycles. The number of benzene rings is 1. The van der Waals surface area contributed by atoms with Crippen molar-refractivity contribution in [2.45, 2.75) is 6.42 Å². The molecule has 0 bridgehead atoms. The summed E-state index contributed by atoms with van der Waals surface area (Å²) in [5.74, 6) is 0.00418. The standard InChI is InChI=1S/C15H21N3O/c1-17(2)9-4-8-16-15(19)13-5-6-14-12(11-13)7-10-18(14)3/h5-7,10-11H,4,8-9H2,1-3H3,(H,16,19). The molecule has 1 N–H and O–H groups in total. The zero-order chi connectivity index (χ0) is 13.8. The number of hydrogen-bond acceptors (Lipinski definition) is 2. The molecule has 4 heteroatoms. The van der Waals surface area contributed by atoms with E-state index in [-0.39, 0.29) is 5.91 Å². The van der Waals surface area contributed by atoms with Gasteiger partial charge in [-0.2, -0.15) is 0 Å². The topological polar surface area (TPSA) is 37.3 Å². The number of carbonyl (C=O) groups is 1. The molecule has 19 heavy (non-hydrogen) atoms. The number of fused-ring (bicyclic) bond motifs is 1. The lowest BCUT2D eigenvalue weighted by Crippen LogP contribution is -2.27. The first-order valence-corrected chi connectivity index (χ1v) is 6.56. The summed E-state index contributed by atoms with van der Waals surface area (Å²) in [6.45, 7) is 1.70. The average molecular weight is 259 g/mol. The van der Waals surface area contributed by atoms with Gasteiger partial charge >= 0.3 is 0 Å². The Labute approximate surface area is 114 Å². The summed E-state index contributed by atoms with van der Waals surface area (Å²) < 4.78 is 2.05. The lowest BCUT2D eigenvalue weighted by Gasteiger charge is -2.10. The van der Waals surface area contributed by atoms with Gasteiger partial charge in [0, 0.05) is 36.3 Å². The summed E-state index contributed by atoms with van der Waals surface area (Å²) in [6.07, 6.45) is 2.97. The third-order valence-corrected chi connectivity index (χ3v) is 3.22. The molecule has 0 saturated carbocycles. The van der Waals surface area contributed by atoms with Crippen molar-refractivity contribution in [3.63, 3.8) is 0 Å². The minimum atomic E-state index is 0.00418. The zero-order valence-corrected chi connectivity index (χ0v) is 11.8. The molecule has 0 saturated heterocycles. The van der Waals surface area contributed by atoms with Crippen molar-refractivity contribution in [2.24, 2.45) is 7.05 Å². The lowest BCUT2D eigenvalue weighted by atomic mass is 10.1. The van der Waals surface area contributed by atoms with Crippen LogP contribution in [0, 0.1) is 0 Å². The molecular formula is C15H21N3O. The normalized spacial score (nSPS) is 11.2. The molecule has 0 spiro atoms. The number of nitrogens with zero attached hydrogens (tertiary/aromatic N) is 2. The molecule has 0 aliphatic heterocycles. The Hall–Kier alpha value is -1.81. The predicted octanol–water partition coefficient (Wildman–Crippen LogP) is 1.86. The van der Waals surface area contributed by atoms with Crippen molar-refractivity contribution in [1.29, 1.82) is 0 Å². The summed E-state index contributed by atoms with van der Waals surface area (Å²) in [5, 5.41) is 4.05. The zero-order valence-electron chi connectivity index (χ0n) is 11.8. The van der Waals surface area contributed by atoms with Gasteiger partial charge in [0.15, 0.2) is 0 Å². The van der Waals surface area contributed by atoms with Crippen LogP contribution in [0.1, 0.15) is 16.8 Å². The van der Waals surface area contributed by atoms with Crippen molar-refractivity contribution >= 4 is 16.8 Å². The van der Waals surface area contributed by atoms with Gasteiger partial charge in [0.1, 0.15) is 0 Å². The Morgan fingerprint density at radius 2 is 2.11 bits per heavy atom. The lowest BCUT2D eigenvalue weighted by molar-refractivity contribution is 0.0952. The number of nitrogens with one attached hydrogen (secondary N) is 1. The van der Waals surface area contributed by atoms with Crippen LogP contribution in [0.2, 0.25) is 0 Å². The maximum Gasteiger partial charge on any atom is 0.251 e. The Kier molecular flexibility index (Phi) is 4.22. The molecule has 0 radical (unpaired) electrons. The minimum absolute atomic E-state index is 0.00418. The van der Waals surface area contributed by atoms with Crippen LogP contribution in [0.15, 0.2) is 30.5 Å². The van der Waals surface area contributed by atoms with E-state index in [2.05, 4.69) is 10.2 Å².